The smallest absolute Gasteiger partial charge is 0.0550 e. The van der Waals surface area contributed by atoms with Crippen LogP contribution in [0.25, 0.3) is 11.6 Å². The van der Waals surface area contributed by atoms with Gasteiger partial charge in [-0.2, -0.15) is 0 Å². The molecule has 1 aliphatic heterocycles. The Kier molecular flexibility index (Phi) is 2.49. The lowest BCUT2D eigenvalue weighted by Gasteiger charge is -2.08. The van der Waals surface area contributed by atoms with Crippen LogP contribution in [0.3, 0.4) is 0 Å². The molecule has 0 saturated heterocycles. The summed E-state index contributed by atoms with van der Waals surface area (Å²) in [6, 6.07) is 2.38. The van der Waals surface area contributed by atoms with Gasteiger partial charge in [-0.25, -0.2) is 0 Å². The number of fused-ring (bicyclic) bond motifs is 2. The first kappa shape index (κ1) is 11.8. The van der Waals surface area contributed by atoms with Crippen molar-refractivity contribution < 1.29 is 0 Å². The van der Waals surface area contributed by atoms with Crippen molar-refractivity contribution in [1.82, 2.24) is 0 Å². The Morgan fingerprint density at radius 1 is 1.21 bits per heavy atom. The molecule has 1 unspecified atom stereocenters. The summed E-state index contributed by atoms with van der Waals surface area (Å²) in [5, 5.41) is 2.07. The van der Waals surface area contributed by atoms with Crippen LogP contribution in [0.5, 0.6) is 0 Å². The second-order valence-corrected chi connectivity index (χ2v) is 8.15. The predicted octanol–water partition coefficient (Wildman–Crippen LogP) is 3.67. The van der Waals surface area contributed by atoms with Crippen LogP contribution in [0.15, 0.2) is 39.8 Å². The standard InChI is InChI=1S/C17H16S2/c1-9-4-5-12(6-9)16-11(3)19-15-8-14-13(17(15)16)7-10(2)18-14/h4,6-8,15H,5H2,1-3H3. The lowest BCUT2D eigenvalue weighted by Crippen LogP contribution is -2.16. The molecule has 0 aromatic carbocycles. The molecule has 2 heteroatoms. The van der Waals surface area contributed by atoms with Gasteiger partial charge in [0, 0.05) is 9.41 Å². The maximum atomic E-state index is 2.46. The number of aryl methyl sites for hydroxylation is 1. The third-order valence-corrected chi connectivity index (χ3v) is 6.25. The molecule has 19 heavy (non-hydrogen) atoms. The van der Waals surface area contributed by atoms with E-state index in [1.165, 1.54) is 36.3 Å². The van der Waals surface area contributed by atoms with Crippen molar-refractivity contribution >= 4 is 34.7 Å². The van der Waals surface area contributed by atoms with Gasteiger partial charge in [-0.05, 0) is 66.2 Å². The normalized spacial score (nSPS) is 24.4. The van der Waals surface area contributed by atoms with Crippen molar-refractivity contribution in [1.29, 1.82) is 0 Å². The van der Waals surface area contributed by atoms with E-state index in [1.54, 1.807) is 5.57 Å². The van der Waals surface area contributed by atoms with Crippen molar-refractivity contribution in [2.45, 2.75) is 32.4 Å². The summed E-state index contributed by atoms with van der Waals surface area (Å²) in [4.78, 5) is 2.93. The van der Waals surface area contributed by atoms with Crippen LogP contribution < -0.4 is 9.75 Å². The Morgan fingerprint density at radius 2 is 2.05 bits per heavy atom. The number of hydrogen-bond donors (Lipinski definition) is 0. The van der Waals surface area contributed by atoms with E-state index in [1.807, 2.05) is 23.1 Å². The summed E-state index contributed by atoms with van der Waals surface area (Å²) in [5.74, 6) is 0. The molecular formula is C17H16S2. The van der Waals surface area contributed by atoms with Crippen LogP contribution in [-0.4, -0.2) is 5.25 Å². The van der Waals surface area contributed by atoms with Gasteiger partial charge in [0.25, 0.3) is 0 Å². The van der Waals surface area contributed by atoms with Crippen molar-refractivity contribution in [3.63, 3.8) is 0 Å². The maximum absolute atomic E-state index is 2.46. The van der Waals surface area contributed by atoms with E-state index in [0.29, 0.717) is 5.25 Å². The molecular weight excluding hydrogens is 268 g/mol. The predicted molar refractivity (Wildman–Crippen MR) is 86.7 cm³/mol. The second kappa shape index (κ2) is 4.00. The molecule has 4 rings (SSSR count). The van der Waals surface area contributed by atoms with Crippen LogP contribution in [0, 0.1) is 6.92 Å². The molecule has 1 atom stereocenters. The van der Waals surface area contributed by atoms with Gasteiger partial charge in [0.15, 0.2) is 0 Å². The van der Waals surface area contributed by atoms with Crippen molar-refractivity contribution in [2.75, 3.05) is 0 Å². The Hall–Kier alpha value is -0.990. The van der Waals surface area contributed by atoms with Gasteiger partial charge in [-0.3, -0.25) is 0 Å². The maximum Gasteiger partial charge on any atom is 0.0550 e. The summed E-state index contributed by atoms with van der Waals surface area (Å²) >= 11 is 3.96. The topological polar surface area (TPSA) is 0 Å². The minimum Gasteiger partial charge on any atom is -0.141 e. The fourth-order valence-electron chi connectivity index (χ4n) is 3.29. The van der Waals surface area contributed by atoms with Gasteiger partial charge in [-0.15, -0.1) is 23.1 Å². The second-order valence-electron chi connectivity index (χ2n) is 5.51. The largest absolute Gasteiger partial charge is 0.141 e. The summed E-state index contributed by atoms with van der Waals surface area (Å²) in [6.07, 6.45) is 8.27. The first-order chi connectivity index (χ1) is 9.13. The summed E-state index contributed by atoms with van der Waals surface area (Å²) < 4.78 is 1.48. The Morgan fingerprint density at radius 3 is 2.79 bits per heavy atom. The molecule has 0 radical (unpaired) electrons. The highest BCUT2D eigenvalue weighted by molar-refractivity contribution is 8.04. The van der Waals surface area contributed by atoms with E-state index in [4.69, 9.17) is 0 Å². The molecule has 1 aromatic heterocycles. The van der Waals surface area contributed by atoms with Crippen LogP contribution in [0.2, 0.25) is 0 Å². The van der Waals surface area contributed by atoms with Gasteiger partial charge >= 0.3 is 0 Å². The molecule has 3 aliphatic rings. The molecule has 0 spiro atoms. The molecule has 0 saturated carbocycles. The van der Waals surface area contributed by atoms with Crippen molar-refractivity contribution in [2.24, 2.45) is 0 Å². The number of rotatable bonds is 1. The number of hydrogen-bond acceptors (Lipinski definition) is 2. The van der Waals surface area contributed by atoms with Gasteiger partial charge in [0.1, 0.15) is 0 Å². The van der Waals surface area contributed by atoms with Gasteiger partial charge in [-0.1, -0.05) is 17.7 Å². The van der Waals surface area contributed by atoms with Gasteiger partial charge < -0.3 is 0 Å². The molecule has 1 aromatic rings. The van der Waals surface area contributed by atoms with Crippen LogP contribution in [-0.2, 0) is 0 Å². The third kappa shape index (κ3) is 1.66. The highest BCUT2D eigenvalue weighted by Gasteiger charge is 2.32. The monoisotopic (exact) mass is 284 g/mol. The molecule has 0 bridgehead atoms. The fraction of sp³-hybridized carbons (Fsp3) is 0.294. The molecule has 96 valence electrons. The van der Waals surface area contributed by atoms with E-state index in [0.717, 1.165) is 6.42 Å². The summed E-state index contributed by atoms with van der Waals surface area (Å²) in [7, 11) is 0. The lowest BCUT2D eigenvalue weighted by molar-refractivity contribution is 1.27. The van der Waals surface area contributed by atoms with Crippen LogP contribution >= 0.6 is 23.1 Å². The zero-order valence-electron chi connectivity index (χ0n) is 11.4. The molecule has 2 heterocycles. The molecule has 0 amide bonds. The number of thiophene rings is 1. The third-order valence-electron chi connectivity index (χ3n) is 4.05. The number of thioether (sulfide) groups is 1. The molecule has 2 aliphatic carbocycles. The average molecular weight is 284 g/mol. The minimum absolute atomic E-state index is 0.568. The number of allylic oxidation sites excluding steroid dienone is 6. The Balaban J connectivity index is 1.95. The molecule has 0 fully saturated rings. The van der Waals surface area contributed by atoms with Gasteiger partial charge in [0.05, 0.1) is 5.25 Å². The molecule has 0 N–H and O–H groups in total. The van der Waals surface area contributed by atoms with E-state index in [-0.39, 0.29) is 0 Å². The van der Waals surface area contributed by atoms with Crippen LogP contribution in [0.4, 0.5) is 0 Å². The Bertz CT molecular complexity index is 797. The van der Waals surface area contributed by atoms with Gasteiger partial charge in [0.2, 0.25) is 0 Å². The first-order valence-corrected chi connectivity index (χ1v) is 8.41. The van der Waals surface area contributed by atoms with E-state index < -0.39 is 0 Å². The first-order valence-electron chi connectivity index (χ1n) is 6.71. The van der Waals surface area contributed by atoms with Crippen molar-refractivity contribution in [3.05, 3.63) is 54.5 Å². The average Bonchev–Trinajstić information content (AvgIpc) is 3.02. The van der Waals surface area contributed by atoms with Crippen molar-refractivity contribution in [3.8, 4) is 0 Å². The van der Waals surface area contributed by atoms with Crippen LogP contribution in [0.1, 0.15) is 25.1 Å². The highest BCUT2D eigenvalue weighted by Crippen LogP contribution is 2.48. The summed E-state index contributed by atoms with van der Waals surface area (Å²) in [5.41, 5.74) is 6.05. The zero-order chi connectivity index (χ0) is 13.1. The minimum atomic E-state index is 0.568. The quantitative estimate of drug-likeness (QED) is 0.758. The van der Waals surface area contributed by atoms with E-state index >= 15 is 0 Å². The summed E-state index contributed by atoms with van der Waals surface area (Å²) in [6.45, 7) is 6.70. The van der Waals surface area contributed by atoms with E-state index in [9.17, 15) is 0 Å². The fourth-order valence-corrected chi connectivity index (χ4v) is 5.69. The SMILES string of the molecule is CC1=CCC(C2=C(C)SC3C=c4sc(C)cc4=C23)=C1. The Labute approximate surface area is 121 Å². The lowest BCUT2D eigenvalue weighted by atomic mass is 9.95. The zero-order valence-corrected chi connectivity index (χ0v) is 13.0. The van der Waals surface area contributed by atoms with E-state index in [2.05, 4.69) is 45.1 Å². The highest BCUT2D eigenvalue weighted by atomic mass is 32.2. The molecule has 0 nitrogen and oxygen atoms in total.